The Morgan fingerprint density at radius 1 is 0.611 bits per heavy atom. The number of halogens is 2. The number of hydrogen-bond acceptors (Lipinski definition) is 8. The van der Waals surface area contributed by atoms with Crippen LogP contribution in [0.3, 0.4) is 0 Å². The van der Waals surface area contributed by atoms with Gasteiger partial charge in [0.05, 0.1) is 33.8 Å². The summed E-state index contributed by atoms with van der Waals surface area (Å²) < 4.78 is 41.1. The van der Waals surface area contributed by atoms with Crippen molar-refractivity contribution in [2.24, 2.45) is 0 Å². The van der Waals surface area contributed by atoms with E-state index in [0.29, 0.717) is 36.8 Å². The molecule has 0 amide bonds. The maximum Gasteiger partial charge on any atom is 0.331 e. The van der Waals surface area contributed by atoms with Gasteiger partial charge in [-0.05, 0) is 62.8 Å². The number of esters is 2. The molecule has 0 radical (unpaired) electrons. The number of ether oxygens (including phenoxy) is 2. The van der Waals surface area contributed by atoms with E-state index in [1.165, 1.54) is 12.1 Å². The number of carbonyl (C=O) groups excluding carboxylic acids is 2. The van der Waals surface area contributed by atoms with Crippen molar-refractivity contribution >= 4 is 45.1 Å². The van der Waals surface area contributed by atoms with E-state index >= 15 is 0 Å². The van der Waals surface area contributed by atoms with Crippen molar-refractivity contribution < 1.29 is 27.8 Å². The molecule has 8 nitrogen and oxygen atoms in total. The fraction of sp³-hybridized carbons (Fsp3) is 0.227. The van der Waals surface area contributed by atoms with Gasteiger partial charge in [-0.3, -0.25) is 9.97 Å². The average Bonchev–Trinajstić information content (AvgIpc) is 3.18. The maximum atomic E-state index is 14.6. The number of rotatable bonds is 10. The number of nitrogens with zero attached hydrogens (tertiary/aromatic N) is 2. The molecule has 2 heterocycles. The molecule has 4 aromatic carbocycles. The lowest BCUT2D eigenvalue weighted by Crippen LogP contribution is -2.21. The van der Waals surface area contributed by atoms with E-state index in [2.05, 4.69) is 10.6 Å². The normalized spacial score (nSPS) is 16.5. The predicted molar refractivity (Wildman–Crippen MR) is 204 cm³/mol. The second-order valence-electron chi connectivity index (χ2n) is 13.6. The minimum atomic E-state index is -0.693. The summed E-state index contributed by atoms with van der Waals surface area (Å²) in [5.74, 6) is -2.01. The summed E-state index contributed by atoms with van der Waals surface area (Å²) in [5.41, 5.74) is 7.24. The summed E-state index contributed by atoms with van der Waals surface area (Å²) in [6, 6.07) is 28.6. The van der Waals surface area contributed by atoms with Gasteiger partial charge in [0, 0.05) is 58.3 Å². The van der Waals surface area contributed by atoms with Crippen molar-refractivity contribution in [2.75, 3.05) is 10.6 Å². The molecule has 10 heteroatoms. The van der Waals surface area contributed by atoms with Crippen LogP contribution in [0.2, 0.25) is 0 Å². The number of benzene rings is 4. The summed E-state index contributed by atoms with van der Waals surface area (Å²) in [5, 5.41) is 8.53. The summed E-state index contributed by atoms with van der Waals surface area (Å²) >= 11 is 0. The third kappa shape index (κ3) is 7.24. The Bertz CT molecular complexity index is 2250. The lowest BCUT2D eigenvalue weighted by Gasteiger charge is -2.28. The van der Waals surface area contributed by atoms with Crippen molar-refractivity contribution in [3.05, 3.63) is 154 Å². The zero-order chi connectivity index (χ0) is 37.0. The summed E-state index contributed by atoms with van der Waals surface area (Å²) in [6.07, 6.45) is 4.97. The van der Waals surface area contributed by atoms with Crippen LogP contribution in [-0.2, 0) is 45.0 Å². The van der Waals surface area contributed by atoms with Gasteiger partial charge in [-0.1, -0.05) is 72.8 Å². The van der Waals surface area contributed by atoms with Crippen LogP contribution in [0, 0.1) is 11.6 Å². The molecule has 2 unspecified atom stereocenters. The van der Waals surface area contributed by atoms with Gasteiger partial charge < -0.3 is 20.1 Å². The number of pyridine rings is 2. The fourth-order valence-electron chi connectivity index (χ4n) is 7.59. The van der Waals surface area contributed by atoms with Crippen molar-refractivity contribution in [1.82, 2.24) is 9.97 Å². The average molecular weight is 725 g/mol. The summed E-state index contributed by atoms with van der Waals surface area (Å²) in [7, 11) is 0. The van der Waals surface area contributed by atoms with Gasteiger partial charge in [0.15, 0.2) is 0 Å². The fourth-order valence-corrected chi connectivity index (χ4v) is 7.59. The van der Waals surface area contributed by atoms with Crippen LogP contribution in [0.4, 0.5) is 20.2 Å². The summed E-state index contributed by atoms with van der Waals surface area (Å²) in [6.45, 7) is 0.463. The van der Waals surface area contributed by atoms with E-state index < -0.39 is 24.1 Å². The van der Waals surface area contributed by atoms with Gasteiger partial charge in [-0.25, -0.2) is 18.4 Å². The lowest BCUT2D eigenvalue weighted by molar-refractivity contribution is -0.146. The largest absolute Gasteiger partial charge is 0.454 e. The highest BCUT2D eigenvalue weighted by Crippen LogP contribution is 2.42. The second kappa shape index (κ2) is 15.4. The second-order valence-corrected chi connectivity index (χ2v) is 13.6. The Morgan fingerprint density at radius 3 is 1.46 bits per heavy atom. The van der Waals surface area contributed by atoms with Crippen molar-refractivity contribution in [2.45, 2.75) is 63.8 Å². The van der Waals surface area contributed by atoms with Gasteiger partial charge in [-0.2, -0.15) is 0 Å². The smallest absolute Gasteiger partial charge is 0.331 e. The number of aromatic nitrogens is 2. The topological polar surface area (TPSA) is 102 Å². The highest BCUT2D eigenvalue weighted by Gasteiger charge is 2.31. The lowest BCUT2D eigenvalue weighted by atomic mass is 9.90. The van der Waals surface area contributed by atoms with E-state index in [-0.39, 0.29) is 24.7 Å². The molecule has 2 atom stereocenters. The molecule has 2 aliphatic rings. The zero-order valence-electron chi connectivity index (χ0n) is 29.5. The Kier molecular flexibility index (Phi) is 9.98. The molecule has 0 spiro atoms. The van der Waals surface area contributed by atoms with E-state index in [0.717, 1.165) is 80.7 Å². The van der Waals surface area contributed by atoms with Gasteiger partial charge in [0.2, 0.25) is 0 Å². The molecule has 0 fully saturated rings. The van der Waals surface area contributed by atoms with Crippen molar-refractivity contribution in [3.63, 3.8) is 0 Å². The van der Waals surface area contributed by atoms with Crippen molar-refractivity contribution in [1.29, 1.82) is 0 Å². The Balaban J connectivity index is 1.01. The molecule has 2 N–H and O–H groups in total. The van der Waals surface area contributed by atoms with Crippen LogP contribution in [0.1, 0.15) is 71.5 Å². The zero-order valence-corrected chi connectivity index (χ0v) is 29.5. The first-order valence-corrected chi connectivity index (χ1v) is 18.3. The molecule has 0 saturated carbocycles. The molecule has 272 valence electrons. The molecule has 54 heavy (non-hydrogen) atoms. The van der Waals surface area contributed by atoms with Crippen LogP contribution < -0.4 is 10.6 Å². The Labute approximate surface area is 311 Å². The number of fused-ring (bicyclic) bond motifs is 4. The van der Waals surface area contributed by atoms with E-state index in [1.54, 1.807) is 36.4 Å². The Hall–Kier alpha value is -6.16. The number of hydrogen-bond donors (Lipinski definition) is 2. The number of para-hydroxylation sites is 2. The maximum absolute atomic E-state index is 14.6. The minimum Gasteiger partial charge on any atom is -0.454 e. The number of nitrogens with one attached hydrogen (secondary N) is 2. The highest BCUT2D eigenvalue weighted by atomic mass is 19.1. The van der Waals surface area contributed by atoms with E-state index in [4.69, 9.17) is 19.4 Å². The molecule has 0 bridgehead atoms. The third-order valence-electron chi connectivity index (χ3n) is 10.1. The van der Waals surface area contributed by atoms with Crippen LogP contribution in [0.15, 0.2) is 109 Å². The SMILES string of the molecule is O=C(/C=C\C(=O)OC1CCCc2nc3ccccc3c(NCc3ccccc3F)c21)OC1CCCc2nc3ccccc3c(NCc3ccccc3F)c21. The molecule has 2 aliphatic carbocycles. The van der Waals surface area contributed by atoms with Gasteiger partial charge in [0.1, 0.15) is 23.8 Å². The quantitative estimate of drug-likeness (QED) is 0.107. The minimum absolute atomic E-state index is 0.232. The van der Waals surface area contributed by atoms with Crippen LogP contribution in [0.25, 0.3) is 21.8 Å². The van der Waals surface area contributed by atoms with E-state index in [1.807, 2.05) is 48.5 Å². The van der Waals surface area contributed by atoms with Crippen molar-refractivity contribution in [3.8, 4) is 0 Å². The van der Waals surface area contributed by atoms with Gasteiger partial charge in [-0.15, -0.1) is 0 Å². The molecular weight excluding hydrogens is 687 g/mol. The van der Waals surface area contributed by atoms with Gasteiger partial charge >= 0.3 is 11.9 Å². The van der Waals surface area contributed by atoms with Gasteiger partial charge in [0.25, 0.3) is 0 Å². The highest BCUT2D eigenvalue weighted by molar-refractivity contribution is 5.96. The first kappa shape index (κ1) is 34.9. The molecule has 0 saturated heterocycles. The number of carbonyl (C=O) groups is 2. The monoisotopic (exact) mass is 724 g/mol. The van der Waals surface area contributed by atoms with Crippen LogP contribution in [-0.4, -0.2) is 21.9 Å². The van der Waals surface area contributed by atoms with E-state index in [9.17, 15) is 18.4 Å². The molecule has 8 rings (SSSR count). The predicted octanol–water partition coefficient (Wildman–Crippen LogP) is 9.38. The third-order valence-corrected chi connectivity index (χ3v) is 10.1. The molecule has 0 aliphatic heterocycles. The van der Waals surface area contributed by atoms with Crippen LogP contribution in [0.5, 0.6) is 0 Å². The standard InChI is InChI=1S/C44H38F2N4O4/c45-31-15-5-1-11-27(31)25-47-43-29-13-3-7-17-33(29)49-35-19-9-21-37(41(35)43)53-39(51)23-24-40(52)54-38-22-10-20-36-42(38)44(30-14-4-8-18-34(30)50-36)48-26-28-12-2-6-16-32(28)46/h1-8,11-18,23-24,37-38H,9-10,19-22,25-26H2,(H,47,49)(H,48,50)/b24-23-. The number of aryl methyl sites for hydroxylation is 2. The number of anilines is 2. The first-order valence-electron chi connectivity index (χ1n) is 18.3. The Morgan fingerprint density at radius 2 is 1.02 bits per heavy atom. The molecule has 6 aromatic rings. The molecular formula is C44H38F2N4O4. The summed E-state index contributed by atoms with van der Waals surface area (Å²) in [4.78, 5) is 36.4. The molecule has 2 aromatic heterocycles. The van der Waals surface area contributed by atoms with Crippen LogP contribution >= 0.6 is 0 Å². The first-order chi connectivity index (χ1) is 26.4.